The zero-order valence-electron chi connectivity index (χ0n) is 13.3. The summed E-state index contributed by atoms with van der Waals surface area (Å²) in [7, 11) is 0. The summed E-state index contributed by atoms with van der Waals surface area (Å²) in [4.78, 5) is 15.3. The molecule has 0 aliphatic carbocycles. The number of aromatic amines is 1. The van der Waals surface area contributed by atoms with E-state index in [1.165, 1.54) is 0 Å². The first kappa shape index (κ1) is 15.1. The fourth-order valence-electron chi connectivity index (χ4n) is 2.65. The van der Waals surface area contributed by atoms with E-state index in [1.54, 1.807) is 16.2 Å². The van der Waals surface area contributed by atoms with Gasteiger partial charge < -0.3 is 9.64 Å². The second-order valence-electron chi connectivity index (χ2n) is 6.67. The highest BCUT2D eigenvalue weighted by Crippen LogP contribution is 2.33. The molecule has 0 unspecified atom stereocenters. The van der Waals surface area contributed by atoms with E-state index in [2.05, 4.69) is 16.3 Å². The molecule has 0 fully saturated rings. The van der Waals surface area contributed by atoms with Gasteiger partial charge in [-0.15, -0.1) is 11.3 Å². The molecule has 2 aromatic rings. The molecule has 6 heteroatoms. The molecule has 1 aliphatic heterocycles. The largest absolute Gasteiger partial charge is 0.444 e. The van der Waals surface area contributed by atoms with Gasteiger partial charge in [-0.3, -0.25) is 5.10 Å². The molecule has 0 saturated heterocycles. The van der Waals surface area contributed by atoms with Crippen LogP contribution in [0.15, 0.2) is 17.5 Å². The first-order valence-corrected chi connectivity index (χ1v) is 8.33. The van der Waals surface area contributed by atoms with Gasteiger partial charge >= 0.3 is 6.09 Å². The topological polar surface area (TPSA) is 58.2 Å². The average Bonchev–Trinajstić information content (AvgIpc) is 3.02. The first-order valence-electron chi connectivity index (χ1n) is 7.45. The highest BCUT2D eigenvalue weighted by molar-refractivity contribution is 7.13. The molecular formula is C16H21N3O2S. The van der Waals surface area contributed by atoms with Gasteiger partial charge in [-0.25, -0.2) is 4.79 Å². The van der Waals surface area contributed by atoms with Crippen molar-refractivity contribution in [2.75, 3.05) is 0 Å². The fraction of sp³-hybridized carbons (Fsp3) is 0.500. The minimum atomic E-state index is -0.482. The van der Waals surface area contributed by atoms with Crippen molar-refractivity contribution in [2.45, 2.75) is 52.3 Å². The molecule has 0 bridgehead atoms. The number of hydrogen-bond donors (Lipinski definition) is 1. The number of hydrogen-bond acceptors (Lipinski definition) is 4. The van der Waals surface area contributed by atoms with Gasteiger partial charge in [0.25, 0.3) is 0 Å². The Hall–Kier alpha value is -1.82. The normalized spacial score (nSPS) is 18.2. The number of carbonyl (C=O) groups excluding carboxylic acids is 1. The van der Waals surface area contributed by atoms with Crippen molar-refractivity contribution in [2.24, 2.45) is 0 Å². The number of rotatable bonds is 1. The Morgan fingerprint density at radius 2 is 2.27 bits per heavy atom. The maximum Gasteiger partial charge on any atom is 0.410 e. The van der Waals surface area contributed by atoms with E-state index >= 15 is 0 Å². The van der Waals surface area contributed by atoms with Crippen LogP contribution in [0, 0.1) is 0 Å². The molecule has 0 aromatic carbocycles. The molecule has 0 saturated carbocycles. The quantitative estimate of drug-likeness (QED) is 0.869. The Morgan fingerprint density at radius 1 is 1.50 bits per heavy atom. The predicted molar refractivity (Wildman–Crippen MR) is 86.8 cm³/mol. The molecule has 1 aliphatic rings. The summed E-state index contributed by atoms with van der Waals surface area (Å²) in [6.07, 6.45) is 0.511. The van der Waals surface area contributed by atoms with Crippen LogP contribution in [0.2, 0.25) is 0 Å². The van der Waals surface area contributed by atoms with Crippen molar-refractivity contribution in [3.63, 3.8) is 0 Å². The molecule has 1 N–H and O–H groups in total. The molecule has 0 radical (unpaired) electrons. The lowest BCUT2D eigenvalue weighted by molar-refractivity contribution is 0.0138. The third kappa shape index (κ3) is 2.88. The highest BCUT2D eigenvalue weighted by atomic mass is 32.1. The van der Waals surface area contributed by atoms with Crippen LogP contribution in [0.4, 0.5) is 4.79 Å². The smallest absolute Gasteiger partial charge is 0.410 e. The molecule has 118 valence electrons. The summed E-state index contributed by atoms with van der Waals surface area (Å²) in [5.41, 5.74) is 2.69. The Balaban J connectivity index is 1.87. The van der Waals surface area contributed by atoms with Crippen molar-refractivity contribution < 1.29 is 9.53 Å². The van der Waals surface area contributed by atoms with Gasteiger partial charge in [0.2, 0.25) is 0 Å². The Kier molecular flexibility index (Phi) is 3.72. The summed E-state index contributed by atoms with van der Waals surface area (Å²) in [6.45, 7) is 8.24. The van der Waals surface area contributed by atoms with Gasteiger partial charge in [-0.05, 0) is 39.1 Å². The van der Waals surface area contributed by atoms with Crippen LogP contribution in [0.1, 0.15) is 39.0 Å². The summed E-state index contributed by atoms with van der Waals surface area (Å²) in [5.74, 6) is 0. The lowest BCUT2D eigenvalue weighted by atomic mass is 9.99. The summed E-state index contributed by atoms with van der Waals surface area (Å²) >= 11 is 1.66. The summed E-state index contributed by atoms with van der Waals surface area (Å²) in [5, 5.41) is 9.62. The summed E-state index contributed by atoms with van der Waals surface area (Å²) in [6, 6.07) is 4.16. The minimum absolute atomic E-state index is 0.0963. The van der Waals surface area contributed by atoms with Crippen molar-refractivity contribution in [1.29, 1.82) is 0 Å². The number of nitrogens with zero attached hydrogens (tertiary/aromatic N) is 2. The molecule has 0 spiro atoms. The van der Waals surface area contributed by atoms with E-state index < -0.39 is 5.60 Å². The van der Waals surface area contributed by atoms with Crippen LogP contribution in [-0.2, 0) is 17.7 Å². The molecule has 3 heterocycles. The monoisotopic (exact) mass is 319 g/mol. The number of thiophene rings is 1. The maximum atomic E-state index is 12.4. The zero-order chi connectivity index (χ0) is 15.9. The summed E-state index contributed by atoms with van der Waals surface area (Å²) < 4.78 is 5.53. The van der Waals surface area contributed by atoms with E-state index in [9.17, 15) is 4.79 Å². The molecule has 22 heavy (non-hydrogen) atoms. The van der Waals surface area contributed by atoms with Crippen molar-refractivity contribution in [3.05, 3.63) is 28.8 Å². The van der Waals surface area contributed by atoms with Crippen LogP contribution < -0.4 is 0 Å². The number of fused-ring (bicyclic) bond motifs is 1. The average molecular weight is 319 g/mol. The number of aromatic nitrogens is 2. The fourth-order valence-corrected chi connectivity index (χ4v) is 3.40. The lowest BCUT2D eigenvalue weighted by Crippen LogP contribution is -2.45. The number of ether oxygens (including phenoxy) is 1. The highest BCUT2D eigenvalue weighted by Gasteiger charge is 2.33. The third-order valence-electron chi connectivity index (χ3n) is 3.70. The van der Waals surface area contributed by atoms with Gasteiger partial charge in [-0.2, -0.15) is 5.10 Å². The standard InChI is InChI=1S/C16H21N3O2S/c1-10-8-12-11(9-19(10)15(20)21-16(2,3)4)14(18-17-12)13-6-5-7-22-13/h5-7,10H,8-9H2,1-4H3,(H,17,18)/t10-/m0/s1. The molecule has 2 aromatic heterocycles. The molecule has 1 amide bonds. The van der Waals surface area contributed by atoms with E-state index in [0.717, 1.165) is 28.2 Å². The molecule has 1 atom stereocenters. The second kappa shape index (κ2) is 5.43. The van der Waals surface area contributed by atoms with Crippen molar-refractivity contribution in [3.8, 4) is 10.6 Å². The minimum Gasteiger partial charge on any atom is -0.444 e. The Bertz CT molecular complexity index is 670. The van der Waals surface area contributed by atoms with Crippen molar-refractivity contribution >= 4 is 17.4 Å². The molecule has 5 nitrogen and oxygen atoms in total. The lowest BCUT2D eigenvalue weighted by Gasteiger charge is -2.34. The van der Waals surface area contributed by atoms with E-state index in [-0.39, 0.29) is 12.1 Å². The number of H-pyrrole nitrogens is 1. The van der Waals surface area contributed by atoms with Crippen molar-refractivity contribution in [1.82, 2.24) is 15.1 Å². The van der Waals surface area contributed by atoms with Crippen LogP contribution in [0.5, 0.6) is 0 Å². The van der Waals surface area contributed by atoms with Crippen LogP contribution in [0.25, 0.3) is 10.6 Å². The first-order chi connectivity index (χ1) is 10.3. The van der Waals surface area contributed by atoms with E-state index in [1.807, 2.05) is 39.1 Å². The van der Waals surface area contributed by atoms with Gasteiger partial charge in [0, 0.05) is 23.7 Å². The van der Waals surface area contributed by atoms with Gasteiger partial charge in [0.15, 0.2) is 0 Å². The Labute approximate surface area is 134 Å². The Morgan fingerprint density at radius 3 is 2.91 bits per heavy atom. The van der Waals surface area contributed by atoms with Gasteiger partial charge in [0.1, 0.15) is 11.3 Å². The zero-order valence-corrected chi connectivity index (χ0v) is 14.2. The number of amides is 1. The molecule has 3 rings (SSSR count). The van der Waals surface area contributed by atoms with Crippen LogP contribution in [0.3, 0.4) is 0 Å². The predicted octanol–water partition coefficient (Wildman–Crippen LogP) is 3.82. The maximum absolute atomic E-state index is 12.4. The van der Waals surface area contributed by atoms with E-state index in [4.69, 9.17) is 4.74 Å². The van der Waals surface area contributed by atoms with E-state index in [0.29, 0.717) is 6.54 Å². The number of nitrogens with one attached hydrogen (secondary N) is 1. The van der Waals surface area contributed by atoms with Crippen LogP contribution in [-0.4, -0.2) is 32.8 Å². The van der Waals surface area contributed by atoms with Gasteiger partial charge in [-0.1, -0.05) is 6.07 Å². The van der Waals surface area contributed by atoms with Gasteiger partial charge in [0.05, 0.1) is 11.4 Å². The second-order valence-corrected chi connectivity index (χ2v) is 7.62. The number of carbonyl (C=O) groups is 1. The third-order valence-corrected chi connectivity index (χ3v) is 4.57. The SMILES string of the molecule is C[C@H]1Cc2[nH]nc(-c3cccs3)c2CN1C(=O)OC(C)(C)C. The van der Waals surface area contributed by atoms with Crippen LogP contribution >= 0.6 is 11.3 Å². The molecular weight excluding hydrogens is 298 g/mol.